The van der Waals surface area contributed by atoms with E-state index in [-0.39, 0.29) is 16.1 Å². The Hall–Kier alpha value is -2.69. The van der Waals surface area contributed by atoms with Gasteiger partial charge < -0.3 is 4.74 Å². The van der Waals surface area contributed by atoms with E-state index in [1.807, 2.05) is 35.8 Å². The van der Waals surface area contributed by atoms with Gasteiger partial charge in [-0.15, -0.1) is 10.2 Å². The van der Waals surface area contributed by atoms with Crippen LogP contribution >= 0.6 is 11.8 Å². The van der Waals surface area contributed by atoms with E-state index in [0.29, 0.717) is 29.6 Å². The Bertz CT molecular complexity index is 1240. The first-order valence-electron chi connectivity index (χ1n) is 9.66. The number of hydrogen-bond donors (Lipinski definition) is 0. The largest absolute Gasteiger partial charge is 0.465 e. The molecule has 10 heteroatoms. The minimum atomic E-state index is -3.60. The lowest BCUT2D eigenvalue weighted by Crippen LogP contribution is -2.22. The third-order valence-electron chi connectivity index (χ3n) is 4.90. The van der Waals surface area contributed by atoms with Crippen LogP contribution in [0, 0.1) is 6.92 Å². The SMILES string of the molecule is Cc1cccc(-n2c(SC3CCOC3=O)nnc2-c2cccc(S(=O)(=O)N(C)C)c2)c1. The molecule has 162 valence electrons. The number of sulfonamides is 1. The van der Waals surface area contributed by atoms with E-state index in [0.717, 1.165) is 11.3 Å². The number of benzene rings is 2. The van der Waals surface area contributed by atoms with Crippen molar-refractivity contribution in [2.24, 2.45) is 0 Å². The highest BCUT2D eigenvalue weighted by Gasteiger charge is 2.30. The topological polar surface area (TPSA) is 94.4 Å². The van der Waals surface area contributed by atoms with Crippen LogP contribution in [0.3, 0.4) is 0 Å². The summed E-state index contributed by atoms with van der Waals surface area (Å²) in [7, 11) is -0.616. The Morgan fingerprint density at radius 2 is 1.90 bits per heavy atom. The van der Waals surface area contributed by atoms with Crippen LogP contribution in [-0.4, -0.2) is 59.4 Å². The quantitative estimate of drug-likeness (QED) is 0.524. The molecule has 1 saturated heterocycles. The number of aryl methyl sites for hydroxylation is 1. The summed E-state index contributed by atoms with van der Waals surface area (Å²) in [6, 6.07) is 14.5. The zero-order chi connectivity index (χ0) is 22.2. The van der Waals surface area contributed by atoms with Gasteiger partial charge in [0.05, 0.1) is 11.5 Å². The van der Waals surface area contributed by atoms with Gasteiger partial charge in [-0.05, 0) is 36.8 Å². The van der Waals surface area contributed by atoms with E-state index in [9.17, 15) is 13.2 Å². The monoisotopic (exact) mass is 458 g/mol. The van der Waals surface area contributed by atoms with Gasteiger partial charge in [0, 0.05) is 31.8 Å². The second-order valence-corrected chi connectivity index (χ2v) is 10.7. The Kier molecular flexibility index (Phi) is 5.87. The molecular formula is C21H22N4O4S2. The highest BCUT2D eigenvalue weighted by molar-refractivity contribution is 8.00. The van der Waals surface area contributed by atoms with Crippen molar-refractivity contribution in [2.75, 3.05) is 20.7 Å². The van der Waals surface area contributed by atoms with Gasteiger partial charge in [-0.3, -0.25) is 9.36 Å². The first kappa shape index (κ1) is 21.5. The van der Waals surface area contributed by atoms with Crippen molar-refractivity contribution in [2.45, 2.75) is 28.6 Å². The molecular weight excluding hydrogens is 436 g/mol. The van der Waals surface area contributed by atoms with E-state index in [1.54, 1.807) is 24.3 Å². The van der Waals surface area contributed by atoms with Crippen molar-refractivity contribution in [3.63, 3.8) is 0 Å². The highest BCUT2D eigenvalue weighted by Crippen LogP contribution is 2.34. The third-order valence-corrected chi connectivity index (χ3v) is 7.90. The van der Waals surface area contributed by atoms with Crippen molar-refractivity contribution in [3.8, 4) is 17.1 Å². The summed E-state index contributed by atoms with van der Waals surface area (Å²) in [5.74, 6) is 0.236. The molecule has 1 aliphatic rings. The summed E-state index contributed by atoms with van der Waals surface area (Å²) in [6.45, 7) is 2.38. The first-order valence-corrected chi connectivity index (χ1v) is 12.0. The smallest absolute Gasteiger partial charge is 0.319 e. The van der Waals surface area contributed by atoms with Gasteiger partial charge in [0.25, 0.3) is 0 Å². The average Bonchev–Trinajstić information content (AvgIpc) is 3.34. The average molecular weight is 459 g/mol. The number of rotatable bonds is 6. The molecule has 1 atom stereocenters. The number of esters is 1. The van der Waals surface area contributed by atoms with Gasteiger partial charge in [0.1, 0.15) is 5.25 Å². The highest BCUT2D eigenvalue weighted by atomic mass is 32.2. The molecule has 2 aromatic carbocycles. The molecule has 0 radical (unpaired) electrons. The van der Waals surface area contributed by atoms with Crippen molar-refractivity contribution < 1.29 is 17.9 Å². The first-order chi connectivity index (χ1) is 14.8. The lowest BCUT2D eigenvalue weighted by Gasteiger charge is -2.14. The van der Waals surface area contributed by atoms with Crippen LogP contribution in [0.1, 0.15) is 12.0 Å². The fraction of sp³-hybridized carbons (Fsp3) is 0.286. The van der Waals surface area contributed by atoms with Gasteiger partial charge in [-0.25, -0.2) is 12.7 Å². The number of aromatic nitrogens is 3. The Labute approximate surface area is 185 Å². The number of carbonyl (C=O) groups is 1. The van der Waals surface area contributed by atoms with Gasteiger partial charge in [0.15, 0.2) is 11.0 Å². The van der Waals surface area contributed by atoms with E-state index >= 15 is 0 Å². The zero-order valence-electron chi connectivity index (χ0n) is 17.3. The maximum absolute atomic E-state index is 12.6. The second kappa shape index (κ2) is 8.45. The van der Waals surface area contributed by atoms with Gasteiger partial charge >= 0.3 is 5.97 Å². The molecule has 0 bridgehead atoms. The van der Waals surface area contributed by atoms with E-state index < -0.39 is 10.0 Å². The fourth-order valence-electron chi connectivity index (χ4n) is 3.25. The van der Waals surface area contributed by atoms with E-state index in [2.05, 4.69) is 10.2 Å². The molecule has 0 saturated carbocycles. The Balaban J connectivity index is 1.84. The summed E-state index contributed by atoms with van der Waals surface area (Å²) in [5.41, 5.74) is 2.49. The predicted molar refractivity (Wildman–Crippen MR) is 118 cm³/mol. The van der Waals surface area contributed by atoms with Crippen LogP contribution in [-0.2, 0) is 19.6 Å². The van der Waals surface area contributed by atoms with Crippen LogP contribution in [0.25, 0.3) is 17.1 Å². The molecule has 0 amide bonds. The van der Waals surface area contributed by atoms with Crippen LogP contribution < -0.4 is 0 Å². The number of nitrogens with zero attached hydrogens (tertiary/aromatic N) is 4. The molecule has 0 N–H and O–H groups in total. The second-order valence-electron chi connectivity index (χ2n) is 7.36. The minimum absolute atomic E-state index is 0.169. The maximum Gasteiger partial charge on any atom is 0.319 e. The summed E-state index contributed by atoms with van der Waals surface area (Å²) in [5, 5.41) is 8.89. The van der Waals surface area contributed by atoms with Gasteiger partial charge in [-0.1, -0.05) is 36.0 Å². The molecule has 3 aromatic rings. The van der Waals surface area contributed by atoms with Crippen LogP contribution in [0.2, 0.25) is 0 Å². The molecule has 1 unspecified atom stereocenters. The number of hydrogen-bond acceptors (Lipinski definition) is 7. The molecule has 2 heterocycles. The van der Waals surface area contributed by atoms with E-state index in [1.165, 1.54) is 30.2 Å². The predicted octanol–water partition coefficient (Wildman–Crippen LogP) is 2.90. The summed E-state index contributed by atoms with van der Waals surface area (Å²) in [6.07, 6.45) is 0.607. The number of cyclic esters (lactones) is 1. The van der Waals surface area contributed by atoms with Crippen LogP contribution in [0.5, 0.6) is 0 Å². The number of ether oxygens (including phenoxy) is 1. The number of thioether (sulfide) groups is 1. The van der Waals surface area contributed by atoms with Crippen molar-refractivity contribution in [1.82, 2.24) is 19.1 Å². The lowest BCUT2D eigenvalue weighted by molar-refractivity contribution is -0.137. The lowest BCUT2D eigenvalue weighted by atomic mass is 10.2. The molecule has 1 aromatic heterocycles. The molecule has 8 nitrogen and oxygen atoms in total. The summed E-state index contributed by atoms with van der Waals surface area (Å²) in [4.78, 5) is 12.2. The molecule has 0 aliphatic carbocycles. The van der Waals surface area contributed by atoms with E-state index in [4.69, 9.17) is 4.74 Å². The Morgan fingerprint density at radius 1 is 1.13 bits per heavy atom. The molecule has 1 aliphatic heterocycles. The standard InChI is InChI=1S/C21H22N4O4S2/c1-14-6-4-8-16(12-14)25-19(22-23-21(25)30-18-10-11-29-20(18)26)15-7-5-9-17(13-15)31(27,28)24(2)3/h4-9,12-13,18H,10-11H2,1-3H3. The number of carbonyl (C=O) groups excluding carboxylic acids is 1. The molecule has 4 rings (SSSR count). The van der Waals surface area contributed by atoms with Crippen LogP contribution in [0.4, 0.5) is 0 Å². The summed E-state index contributed by atoms with van der Waals surface area (Å²) < 4.78 is 33.3. The van der Waals surface area contributed by atoms with Crippen LogP contribution in [0.15, 0.2) is 58.6 Å². The normalized spacial score (nSPS) is 16.6. The van der Waals surface area contributed by atoms with Crippen molar-refractivity contribution >= 4 is 27.8 Å². The molecule has 1 fully saturated rings. The van der Waals surface area contributed by atoms with Gasteiger partial charge in [-0.2, -0.15) is 0 Å². The summed E-state index contributed by atoms with van der Waals surface area (Å²) >= 11 is 1.31. The zero-order valence-corrected chi connectivity index (χ0v) is 19.0. The molecule has 0 spiro atoms. The Morgan fingerprint density at radius 3 is 2.58 bits per heavy atom. The van der Waals surface area contributed by atoms with Gasteiger partial charge in [0.2, 0.25) is 10.0 Å². The van der Waals surface area contributed by atoms with Crippen molar-refractivity contribution in [3.05, 3.63) is 54.1 Å². The third kappa shape index (κ3) is 4.23. The van der Waals surface area contributed by atoms with Crippen molar-refractivity contribution in [1.29, 1.82) is 0 Å². The molecule has 31 heavy (non-hydrogen) atoms. The minimum Gasteiger partial charge on any atom is -0.465 e. The maximum atomic E-state index is 12.6. The fourth-order valence-corrected chi connectivity index (χ4v) is 5.22.